The molecular weight excluding hydrogens is 214 g/mol. The van der Waals surface area contributed by atoms with Crippen molar-refractivity contribution in [3.8, 4) is 0 Å². The smallest absolute Gasteiger partial charge is 0.243 e. The maximum Gasteiger partial charge on any atom is 0.243 e. The van der Waals surface area contributed by atoms with Crippen LogP contribution in [0.3, 0.4) is 0 Å². The van der Waals surface area contributed by atoms with Crippen LogP contribution in [0.5, 0.6) is 0 Å². The molecular formula is C9H19N3O4. The fraction of sp³-hybridized carbons (Fsp3) is 0.778. The summed E-state index contributed by atoms with van der Waals surface area (Å²) in [6.07, 6.45) is 0. The Morgan fingerprint density at radius 3 is 2.62 bits per heavy atom. The Bertz CT molecular complexity index is 211. The summed E-state index contributed by atoms with van der Waals surface area (Å²) in [7, 11) is 1.57. The molecule has 94 valence electrons. The number of carbonyl (C=O) groups is 2. The number of hydrogen-bond acceptors (Lipinski definition) is 5. The monoisotopic (exact) mass is 233 g/mol. The molecule has 0 spiro atoms. The third-order valence-electron chi connectivity index (χ3n) is 1.58. The van der Waals surface area contributed by atoms with Crippen molar-refractivity contribution in [2.75, 3.05) is 46.6 Å². The second-order valence-electron chi connectivity index (χ2n) is 3.04. The fourth-order valence-corrected chi connectivity index (χ4v) is 0.874. The molecule has 0 atom stereocenters. The van der Waals surface area contributed by atoms with E-state index < -0.39 is 5.91 Å². The quantitative estimate of drug-likeness (QED) is 0.373. The van der Waals surface area contributed by atoms with Crippen LogP contribution in [-0.4, -0.2) is 58.4 Å². The number of rotatable bonds is 10. The molecule has 7 nitrogen and oxygen atoms in total. The van der Waals surface area contributed by atoms with Crippen molar-refractivity contribution in [1.29, 1.82) is 0 Å². The van der Waals surface area contributed by atoms with Gasteiger partial charge < -0.3 is 25.8 Å². The fourth-order valence-electron chi connectivity index (χ4n) is 0.874. The zero-order valence-electron chi connectivity index (χ0n) is 9.45. The average molecular weight is 233 g/mol. The van der Waals surface area contributed by atoms with Crippen LogP contribution in [-0.2, 0) is 19.1 Å². The van der Waals surface area contributed by atoms with Crippen LogP contribution in [0.4, 0.5) is 0 Å². The molecule has 0 saturated carbocycles. The van der Waals surface area contributed by atoms with Gasteiger partial charge >= 0.3 is 0 Å². The molecule has 0 aliphatic rings. The molecule has 0 radical (unpaired) electrons. The molecule has 0 aliphatic heterocycles. The molecule has 4 N–H and O–H groups in total. The van der Waals surface area contributed by atoms with Crippen molar-refractivity contribution in [2.45, 2.75) is 0 Å². The van der Waals surface area contributed by atoms with Gasteiger partial charge in [0.2, 0.25) is 11.8 Å². The summed E-state index contributed by atoms with van der Waals surface area (Å²) in [5.41, 5.74) is 4.86. The summed E-state index contributed by atoms with van der Waals surface area (Å²) in [5, 5.41) is 5.51. The molecule has 0 aromatic carbocycles. The molecule has 0 aromatic rings. The summed E-state index contributed by atoms with van der Waals surface area (Å²) in [6.45, 7) is 1.94. The van der Waals surface area contributed by atoms with Gasteiger partial charge in [0.15, 0.2) is 0 Å². The number of nitrogens with one attached hydrogen (secondary N) is 2. The van der Waals surface area contributed by atoms with Crippen molar-refractivity contribution in [3.63, 3.8) is 0 Å². The first-order valence-electron chi connectivity index (χ1n) is 4.99. The standard InChI is InChI=1S/C9H19N3O4/c1-15-4-3-12-9(14)6-11-2-5-16-7-8(10)13/h11H,2-7H2,1H3,(H2,10,13)(H,12,14). The van der Waals surface area contributed by atoms with Crippen LogP contribution in [0.1, 0.15) is 0 Å². The van der Waals surface area contributed by atoms with Gasteiger partial charge in [0.25, 0.3) is 0 Å². The number of methoxy groups -OCH3 is 1. The molecule has 0 bridgehead atoms. The van der Waals surface area contributed by atoms with Crippen molar-refractivity contribution >= 4 is 11.8 Å². The molecule has 0 rings (SSSR count). The first kappa shape index (κ1) is 14.8. The Morgan fingerprint density at radius 1 is 1.25 bits per heavy atom. The highest BCUT2D eigenvalue weighted by atomic mass is 16.5. The first-order chi connectivity index (χ1) is 7.66. The Morgan fingerprint density at radius 2 is 2.00 bits per heavy atom. The van der Waals surface area contributed by atoms with E-state index in [1.807, 2.05) is 0 Å². The van der Waals surface area contributed by atoms with Crippen LogP contribution in [0.15, 0.2) is 0 Å². The summed E-state index contributed by atoms with van der Waals surface area (Å²) >= 11 is 0. The largest absolute Gasteiger partial charge is 0.383 e. The van der Waals surface area contributed by atoms with Gasteiger partial charge in [0, 0.05) is 20.2 Å². The van der Waals surface area contributed by atoms with E-state index in [1.54, 1.807) is 7.11 Å². The minimum absolute atomic E-state index is 0.0955. The zero-order chi connectivity index (χ0) is 12.2. The highest BCUT2D eigenvalue weighted by molar-refractivity contribution is 5.77. The van der Waals surface area contributed by atoms with Gasteiger partial charge in [-0.25, -0.2) is 0 Å². The lowest BCUT2D eigenvalue weighted by molar-refractivity contribution is -0.123. The number of ether oxygens (including phenoxy) is 2. The topological polar surface area (TPSA) is 103 Å². The van der Waals surface area contributed by atoms with Gasteiger partial charge in [-0.3, -0.25) is 9.59 Å². The van der Waals surface area contributed by atoms with E-state index >= 15 is 0 Å². The Kier molecular flexibility index (Phi) is 9.58. The van der Waals surface area contributed by atoms with Crippen LogP contribution in [0.25, 0.3) is 0 Å². The van der Waals surface area contributed by atoms with Gasteiger partial charge in [-0.15, -0.1) is 0 Å². The summed E-state index contributed by atoms with van der Waals surface area (Å²) in [5.74, 6) is -0.607. The second-order valence-corrected chi connectivity index (χ2v) is 3.04. The lowest BCUT2D eigenvalue weighted by Crippen LogP contribution is -2.36. The number of nitrogens with two attached hydrogens (primary N) is 1. The van der Waals surface area contributed by atoms with Crippen molar-refractivity contribution in [2.24, 2.45) is 5.73 Å². The number of primary amides is 1. The average Bonchev–Trinajstić information content (AvgIpc) is 2.23. The van der Waals surface area contributed by atoms with Crippen molar-refractivity contribution in [3.05, 3.63) is 0 Å². The van der Waals surface area contributed by atoms with E-state index in [-0.39, 0.29) is 19.1 Å². The lowest BCUT2D eigenvalue weighted by atomic mass is 10.5. The molecule has 0 unspecified atom stereocenters. The molecule has 0 fully saturated rings. The number of hydrogen-bond donors (Lipinski definition) is 3. The van der Waals surface area contributed by atoms with E-state index in [0.29, 0.717) is 26.3 Å². The van der Waals surface area contributed by atoms with E-state index in [1.165, 1.54) is 0 Å². The SMILES string of the molecule is COCCNC(=O)CNCCOCC(N)=O. The predicted octanol–water partition coefficient (Wildman–Crippen LogP) is -2.16. The van der Waals surface area contributed by atoms with Gasteiger partial charge in [0.1, 0.15) is 6.61 Å². The highest BCUT2D eigenvalue weighted by Gasteiger charge is 1.99. The molecule has 16 heavy (non-hydrogen) atoms. The van der Waals surface area contributed by atoms with E-state index in [9.17, 15) is 9.59 Å². The third-order valence-corrected chi connectivity index (χ3v) is 1.58. The minimum atomic E-state index is -0.502. The molecule has 7 heteroatoms. The van der Waals surface area contributed by atoms with Gasteiger partial charge in [0.05, 0.1) is 19.8 Å². The Balaban J connectivity index is 3.18. The molecule has 2 amide bonds. The number of carbonyl (C=O) groups excluding carboxylic acids is 2. The normalized spacial score (nSPS) is 10.1. The Hall–Kier alpha value is -1.18. The number of amides is 2. The van der Waals surface area contributed by atoms with Gasteiger partial charge in [-0.2, -0.15) is 0 Å². The van der Waals surface area contributed by atoms with Crippen LogP contribution >= 0.6 is 0 Å². The van der Waals surface area contributed by atoms with Crippen LogP contribution in [0.2, 0.25) is 0 Å². The second kappa shape index (κ2) is 10.3. The zero-order valence-corrected chi connectivity index (χ0v) is 9.45. The maximum absolute atomic E-state index is 11.1. The summed E-state index contributed by atoms with van der Waals surface area (Å²) < 4.78 is 9.66. The van der Waals surface area contributed by atoms with Gasteiger partial charge in [-0.05, 0) is 0 Å². The van der Waals surface area contributed by atoms with Crippen molar-refractivity contribution < 1.29 is 19.1 Å². The molecule has 0 heterocycles. The summed E-state index contributed by atoms with van der Waals surface area (Å²) in [6, 6.07) is 0. The van der Waals surface area contributed by atoms with Gasteiger partial charge in [-0.1, -0.05) is 0 Å². The molecule has 0 saturated heterocycles. The predicted molar refractivity (Wildman–Crippen MR) is 57.8 cm³/mol. The minimum Gasteiger partial charge on any atom is -0.383 e. The third kappa shape index (κ3) is 10.9. The molecule has 0 aliphatic carbocycles. The van der Waals surface area contributed by atoms with E-state index in [4.69, 9.17) is 15.2 Å². The van der Waals surface area contributed by atoms with E-state index in [0.717, 1.165) is 0 Å². The van der Waals surface area contributed by atoms with Crippen LogP contribution < -0.4 is 16.4 Å². The Labute approximate surface area is 94.6 Å². The summed E-state index contributed by atoms with van der Waals surface area (Å²) in [4.78, 5) is 21.4. The first-order valence-corrected chi connectivity index (χ1v) is 4.99. The van der Waals surface area contributed by atoms with E-state index in [2.05, 4.69) is 10.6 Å². The lowest BCUT2D eigenvalue weighted by Gasteiger charge is -2.06. The highest BCUT2D eigenvalue weighted by Crippen LogP contribution is 1.72. The van der Waals surface area contributed by atoms with Crippen LogP contribution in [0, 0.1) is 0 Å². The maximum atomic E-state index is 11.1. The molecule has 0 aromatic heterocycles. The van der Waals surface area contributed by atoms with Crippen molar-refractivity contribution in [1.82, 2.24) is 10.6 Å².